The Hall–Kier alpha value is -5.16. The minimum Gasteiger partial charge on any atom is -0.326 e. The van der Waals surface area contributed by atoms with Gasteiger partial charge in [0.1, 0.15) is 12.6 Å². The number of rotatable bonds is 10. The Bertz CT molecular complexity index is 1720. The van der Waals surface area contributed by atoms with Crippen LogP contribution >= 0.6 is 12.2 Å². The molecule has 0 bridgehead atoms. The number of hydrogen-bond donors (Lipinski definition) is 2. The number of hydrogen-bond acceptors (Lipinski definition) is 6. The smallest absolute Gasteiger partial charge is 0.307 e. The number of carbonyl (C=O) groups is 3. The van der Waals surface area contributed by atoms with E-state index in [0.29, 0.717) is 22.1 Å². The molecule has 6 rings (SSSR count). The van der Waals surface area contributed by atoms with Gasteiger partial charge in [-0.3, -0.25) is 29.1 Å². The summed E-state index contributed by atoms with van der Waals surface area (Å²) < 4.78 is 6.91. The van der Waals surface area contributed by atoms with Gasteiger partial charge in [-0.2, -0.15) is 0 Å². The summed E-state index contributed by atoms with van der Waals surface area (Å²) in [4.78, 5) is 43.0. The Morgan fingerprint density at radius 2 is 1.59 bits per heavy atom. The van der Waals surface area contributed by atoms with Crippen LogP contribution in [0.15, 0.2) is 89.5 Å². The predicted molar refractivity (Wildman–Crippen MR) is 169 cm³/mol. The summed E-state index contributed by atoms with van der Waals surface area (Å²) in [6.45, 7) is 0.110. The van der Waals surface area contributed by atoms with Gasteiger partial charge in [-0.1, -0.05) is 72.8 Å². The van der Waals surface area contributed by atoms with E-state index >= 15 is 0 Å². The van der Waals surface area contributed by atoms with E-state index in [-0.39, 0.29) is 42.6 Å². The molecule has 3 amide bonds. The molecule has 0 spiro atoms. The third kappa shape index (κ3) is 6.42. The van der Waals surface area contributed by atoms with E-state index in [1.54, 1.807) is 41.1 Å². The lowest BCUT2D eigenvalue weighted by atomic mass is 10.1. The van der Waals surface area contributed by atoms with Crippen LogP contribution in [0.2, 0.25) is 0 Å². The number of nitrogens with zero attached hydrogens (tertiary/aromatic N) is 4. The highest BCUT2D eigenvalue weighted by Crippen LogP contribution is 2.35. The first-order chi connectivity index (χ1) is 21.4. The van der Waals surface area contributed by atoms with Crippen LogP contribution in [-0.4, -0.2) is 50.0 Å². The molecule has 2 N–H and O–H groups in total. The average molecular weight is 608 g/mol. The van der Waals surface area contributed by atoms with Gasteiger partial charge in [-0.05, 0) is 65.1 Å². The molecule has 1 aromatic heterocycles. The number of amides is 3. The topological polar surface area (TPSA) is 112 Å². The van der Waals surface area contributed by atoms with Crippen molar-refractivity contribution in [2.75, 3.05) is 10.6 Å². The van der Waals surface area contributed by atoms with Crippen LogP contribution in [0.5, 0.6) is 0 Å². The fourth-order valence-corrected chi connectivity index (χ4v) is 5.50. The van der Waals surface area contributed by atoms with Gasteiger partial charge >= 0.3 is 5.88 Å². The maximum Gasteiger partial charge on any atom is 0.307 e. The summed E-state index contributed by atoms with van der Waals surface area (Å²) in [6, 6.07) is 25.5. The normalized spacial score (nSPS) is 16.5. The van der Waals surface area contributed by atoms with Crippen molar-refractivity contribution in [3.05, 3.63) is 107 Å². The van der Waals surface area contributed by atoms with Gasteiger partial charge in [-0.25, -0.2) is 0 Å². The van der Waals surface area contributed by atoms with Crippen LogP contribution in [0, 0.1) is 0 Å². The van der Waals surface area contributed by atoms with Gasteiger partial charge in [0.2, 0.25) is 11.2 Å². The van der Waals surface area contributed by atoms with Gasteiger partial charge in [0, 0.05) is 17.3 Å². The van der Waals surface area contributed by atoms with E-state index in [2.05, 4.69) is 15.9 Å². The van der Waals surface area contributed by atoms with Crippen LogP contribution < -0.4 is 15.3 Å². The van der Waals surface area contributed by atoms with Gasteiger partial charge in [0.25, 0.3) is 17.5 Å². The number of anilines is 2. The number of thiocarbonyl (C=S) groups is 1. The standard InChI is InChI=1S/C33H30N6O4S/c1-37-28(31(43-36-37)35-30(41)24-10-6-3-7-11-24)21-38-27(32(42)39(33(38)44)26-18-19-26)20-29(40)34-25-16-14-23(15-17-25)13-12-22-8-4-2-5-9-22/h2-17,26-27H,18-21H2,1H3,(H-,34,35,36,40,41)/p+1/b13-12+. The minimum atomic E-state index is -0.816. The van der Waals surface area contributed by atoms with Crippen LogP contribution in [0.1, 0.15) is 46.4 Å². The minimum absolute atomic E-state index is 0.0375. The van der Waals surface area contributed by atoms with E-state index in [4.69, 9.17) is 16.7 Å². The lowest BCUT2D eigenvalue weighted by Crippen LogP contribution is -2.43. The number of aromatic nitrogens is 2. The maximum absolute atomic E-state index is 13.6. The maximum atomic E-state index is 13.6. The zero-order chi connectivity index (χ0) is 30.6. The van der Waals surface area contributed by atoms with Crippen molar-refractivity contribution in [1.82, 2.24) is 15.1 Å². The Morgan fingerprint density at radius 1 is 0.955 bits per heavy atom. The number of nitrogens with one attached hydrogen (secondary N) is 2. The summed E-state index contributed by atoms with van der Waals surface area (Å²) >= 11 is 5.76. The molecular formula is C33H31N6O4S+. The van der Waals surface area contributed by atoms with Crippen LogP contribution in [0.25, 0.3) is 12.2 Å². The highest BCUT2D eigenvalue weighted by molar-refractivity contribution is 7.80. The molecule has 2 fully saturated rings. The van der Waals surface area contributed by atoms with Crippen molar-refractivity contribution < 1.29 is 23.6 Å². The molecule has 3 aromatic carbocycles. The third-order valence-electron chi connectivity index (χ3n) is 7.59. The molecule has 2 aliphatic rings. The van der Waals surface area contributed by atoms with Crippen molar-refractivity contribution in [3.63, 3.8) is 0 Å². The molecule has 1 unspecified atom stereocenters. The van der Waals surface area contributed by atoms with Crippen LogP contribution in [0.3, 0.4) is 0 Å². The molecule has 1 saturated heterocycles. The van der Waals surface area contributed by atoms with E-state index in [1.807, 2.05) is 72.8 Å². The quantitative estimate of drug-likeness (QED) is 0.156. The zero-order valence-corrected chi connectivity index (χ0v) is 24.9. The summed E-state index contributed by atoms with van der Waals surface area (Å²) in [7, 11) is 1.68. The lowest BCUT2D eigenvalue weighted by Gasteiger charge is -2.22. The van der Waals surface area contributed by atoms with Crippen LogP contribution in [-0.2, 0) is 23.2 Å². The molecule has 1 aliphatic heterocycles. The molecule has 2 heterocycles. The second-order valence-corrected chi connectivity index (χ2v) is 11.1. The summed E-state index contributed by atoms with van der Waals surface area (Å²) in [5.74, 6) is -0.733. The molecule has 44 heavy (non-hydrogen) atoms. The Labute approximate surface area is 259 Å². The van der Waals surface area contributed by atoms with E-state index in [9.17, 15) is 14.4 Å². The molecular weight excluding hydrogens is 576 g/mol. The largest absolute Gasteiger partial charge is 0.326 e. The highest BCUT2D eigenvalue weighted by Gasteiger charge is 2.50. The van der Waals surface area contributed by atoms with E-state index in [0.717, 1.165) is 24.0 Å². The summed E-state index contributed by atoms with van der Waals surface area (Å²) in [6.07, 6.45) is 5.66. The van der Waals surface area contributed by atoms with Crippen molar-refractivity contribution in [1.29, 1.82) is 0 Å². The third-order valence-corrected chi connectivity index (χ3v) is 8.03. The van der Waals surface area contributed by atoms with Gasteiger partial charge in [0.15, 0.2) is 12.2 Å². The second kappa shape index (κ2) is 12.6. The van der Waals surface area contributed by atoms with Crippen LogP contribution in [0.4, 0.5) is 11.6 Å². The Balaban J connectivity index is 1.15. The Kier molecular flexibility index (Phi) is 8.29. The fourth-order valence-electron chi connectivity index (χ4n) is 5.07. The van der Waals surface area contributed by atoms with Crippen molar-refractivity contribution in [3.8, 4) is 0 Å². The van der Waals surface area contributed by atoms with Crippen molar-refractivity contribution in [2.45, 2.75) is 37.9 Å². The summed E-state index contributed by atoms with van der Waals surface area (Å²) in [5, 5.41) is 10.0. The zero-order valence-electron chi connectivity index (χ0n) is 24.1. The lowest BCUT2D eigenvalue weighted by molar-refractivity contribution is -0.746. The van der Waals surface area contributed by atoms with Crippen molar-refractivity contribution in [2.24, 2.45) is 7.05 Å². The predicted octanol–water partition coefficient (Wildman–Crippen LogP) is 4.41. The molecule has 0 radical (unpaired) electrons. The monoisotopic (exact) mass is 607 g/mol. The average Bonchev–Trinajstić information content (AvgIpc) is 3.78. The van der Waals surface area contributed by atoms with E-state index in [1.165, 1.54) is 4.68 Å². The molecule has 222 valence electrons. The van der Waals surface area contributed by atoms with Gasteiger partial charge in [0.05, 0.1) is 6.42 Å². The number of carbonyl (C=O) groups excluding carboxylic acids is 3. The van der Waals surface area contributed by atoms with Crippen molar-refractivity contribution >= 4 is 58.8 Å². The van der Waals surface area contributed by atoms with E-state index < -0.39 is 6.04 Å². The molecule has 4 aromatic rings. The number of aryl methyl sites for hydroxylation is 1. The first-order valence-electron chi connectivity index (χ1n) is 14.4. The molecule has 1 aliphatic carbocycles. The molecule has 11 heteroatoms. The molecule has 1 atom stereocenters. The SMILES string of the molecule is C[n+]1noc(NC(=O)c2ccccc2)c1CN1C(=S)N(C2CC2)C(=O)C1CC(=O)Nc1ccc(/C=C/c2ccccc2)cc1. The van der Waals surface area contributed by atoms with Gasteiger partial charge in [-0.15, -0.1) is 0 Å². The second-order valence-electron chi connectivity index (χ2n) is 10.8. The molecule has 10 nitrogen and oxygen atoms in total. The van der Waals surface area contributed by atoms with Gasteiger partial charge < -0.3 is 10.2 Å². The first-order valence-corrected chi connectivity index (χ1v) is 14.8. The highest BCUT2D eigenvalue weighted by atomic mass is 32.1. The molecule has 1 saturated carbocycles. The number of benzene rings is 3. The summed E-state index contributed by atoms with van der Waals surface area (Å²) in [5.41, 5.74) is 3.68. The first kappa shape index (κ1) is 28.9. The fraction of sp³-hybridized carbons (Fsp3) is 0.212. The Morgan fingerprint density at radius 3 is 2.25 bits per heavy atom.